The molecule has 2 heterocycles. The minimum atomic E-state index is 0.269. The third kappa shape index (κ3) is 6.69. The number of nitrogens with zero attached hydrogens (tertiary/aromatic N) is 2. The van der Waals surface area contributed by atoms with Crippen LogP contribution in [-0.4, -0.2) is 55.2 Å². The molecule has 1 atom stereocenters. The zero-order valence-corrected chi connectivity index (χ0v) is 12.1. The Kier molecular flexibility index (Phi) is 8.59. The van der Waals surface area contributed by atoms with Crippen LogP contribution in [-0.2, 0) is 0 Å². The normalized spacial score (nSPS) is 24.2. The van der Waals surface area contributed by atoms with Crippen LogP contribution in [0.25, 0.3) is 0 Å². The van der Waals surface area contributed by atoms with Gasteiger partial charge in [-0.1, -0.05) is 12.8 Å². The fourth-order valence-corrected chi connectivity index (χ4v) is 2.69. The Morgan fingerprint density at radius 2 is 1.39 bits per heavy atom. The number of rotatable bonds is 3. The summed E-state index contributed by atoms with van der Waals surface area (Å²) in [6.45, 7) is 8.94. The topological polar surface area (TPSA) is 58.5 Å². The molecule has 2 rings (SSSR count). The standard InChI is InChI=1S/2C7H16N2/c1-7(8)9-5-3-2-4-6-9;8-4-7-9-5-2-1-3-6-9/h7H,2-6,8H2,1H3;1-8H2. The fourth-order valence-electron chi connectivity index (χ4n) is 2.69. The van der Waals surface area contributed by atoms with Gasteiger partial charge in [0.1, 0.15) is 0 Å². The molecule has 2 aliphatic rings. The van der Waals surface area contributed by atoms with Crippen LogP contribution >= 0.6 is 0 Å². The predicted molar refractivity (Wildman–Crippen MR) is 78.4 cm³/mol. The quantitative estimate of drug-likeness (QED) is 0.797. The van der Waals surface area contributed by atoms with Crippen LogP contribution in [0, 0.1) is 0 Å². The molecule has 0 saturated carbocycles. The molecule has 4 heteroatoms. The van der Waals surface area contributed by atoms with Crippen LogP contribution in [0.2, 0.25) is 0 Å². The molecule has 2 saturated heterocycles. The van der Waals surface area contributed by atoms with Crippen LogP contribution in [0.4, 0.5) is 0 Å². The van der Waals surface area contributed by atoms with Gasteiger partial charge in [0, 0.05) is 13.1 Å². The maximum Gasteiger partial charge on any atom is 0.0542 e. The molecule has 0 spiro atoms. The van der Waals surface area contributed by atoms with Crippen molar-refractivity contribution in [3.8, 4) is 0 Å². The van der Waals surface area contributed by atoms with Gasteiger partial charge in [-0.05, 0) is 58.8 Å². The summed E-state index contributed by atoms with van der Waals surface area (Å²) in [6, 6.07) is 0. The second-order valence-corrected chi connectivity index (χ2v) is 5.53. The van der Waals surface area contributed by atoms with Crippen LogP contribution in [0.1, 0.15) is 45.4 Å². The van der Waals surface area contributed by atoms with Crippen molar-refractivity contribution >= 4 is 0 Å². The summed E-state index contributed by atoms with van der Waals surface area (Å²) in [7, 11) is 0. The Morgan fingerprint density at radius 3 is 1.78 bits per heavy atom. The molecule has 0 radical (unpaired) electrons. The first-order chi connectivity index (χ1) is 8.74. The Labute approximate surface area is 113 Å². The van der Waals surface area contributed by atoms with Crippen molar-refractivity contribution < 1.29 is 0 Å². The monoisotopic (exact) mass is 256 g/mol. The third-order valence-electron chi connectivity index (χ3n) is 3.86. The van der Waals surface area contributed by atoms with Crippen molar-refractivity contribution in [2.45, 2.75) is 51.6 Å². The third-order valence-corrected chi connectivity index (χ3v) is 3.86. The van der Waals surface area contributed by atoms with Crippen LogP contribution in [0.3, 0.4) is 0 Å². The first-order valence-electron chi connectivity index (χ1n) is 7.66. The smallest absolute Gasteiger partial charge is 0.0542 e. The molecule has 108 valence electrons. The molecule has 1 unspecified atom stereocenters. The van der Waals surface area contributed by atoms with Crippen LogP contribution in [0.15, 0.2) is 0 Å². The van der Waals surface area contributed by atoms with Gasteiger partial charge in [0.25, 0.3) is 0 Å². The minimum absolute atomic E-state index is 0.269. The van der Waals surface area contributed by atoms with E-state index in [1.165, 1.54) is 64.7 Å². The Morgan fingerprint density at radius 1 is 0.889 bits per heavy atom. The van der Waals surface area contributed by atoms with Crippen molar-refractivity contribution in [3.63, 3.8) is 0 Å². The molecule has 2 aliphatic heterocycles. The lowest BCUT2D eigenvalue weighted by Crippen LogP contribution is -2.42. The summed E-state index contributed by atoms with van der Waals surface area (Å²) in [5, 5.41) is 0. The van der Waals surface area contributed by atoms with E-state index in [2.05, 4.69) is 16.7 Å². The number of likely N-dealkylation sites (tertiary alicyclic amines) is 2. The van der Waals surface area contributed by atoms with Gasteiger partial charge in [0.05, 0.1) is 6.17 Å². The van der Waals surface area contributed by atoms with E-state index >= 15 is 0 Å². The molecular formula is C14H32N4. The van der Waals surface area contributed by atoms with Gasteiger partial charge in [-0.15, -0.1) is 0 Å². The van der Waals surface area contributed by atoms with E-state index in [9.17, 15) is 0 Å². The van der Waals surface area contributed by atoms with Crippen molar-refractivity contribution in [2.24, 2.45) is 11.5 Å². The Bertz CT molecular complexity index is 181. The van der Waals surface area contributed by atoms with Gasteiger partial charge in [0.2, 0.25) is 0 Å². The predicted octanol–water partition coefficient (Wildman–Crippen LogP) is 1.21. The summed E-state index contributed by atoms with van der Waals surface area (Å²) in [5.74, 6) is 0. The average molecular weight is 256 g/mol. The van der Waals surface area contributed by atoms with E-state index in [-0.39, 0.29) is 6.17 Å². The molecule has 0 bridgehead atoms. The van der Waals surface area contributed by atoms with Crippen molar-refractivity contribution in [3.05, 3.63) is 0 Å². The van der Waals surface area contributed by atoms with Crippen LogP contribution < -0.4 is 11.5 Å². The zero-order valence-electron chi connectivity index (χ0n) is 12.1. The summed E-state index contributed by atoms with van der Waals surface area (Å²) in [5.41, 5.74) is 11.1. The molecule has 18 heavy (non-hydrogen) atoms. The highest BCUT2D eigenvalue weighted by Gasteiger charge is 2.12. The minimum Gasteiger partial charge on any atom is -0.329 e. The first-order valence-corrected chi connectivity index (χ1v) is 7.66. The summed E-state index contributed by atoms with van der Waals surface area (Å²) in [4.78, 5) is 4.78. The van der Waals surface area contributed by atoms with Gasteiger partial charge in [-0.25, -0.2) is 0 Å². The van der Waals surface area contributed by atoms with E-state index < -0.39 is 0 Å². The van der Waals surface area contributed by atoms with E-state index in [1.54, 1.807) is 0 Å². The SMILES string of the molecule is CC(N)N1CCCCC1.NCCN1CCCCC1. The number of hydrogen-bond donors (Lipinski definition) is 2. The lowest BCUT2D eigenvalue weighted by atomic mass is 10.1. The van der Waals surface area contributed by atoms with E-state index in [0.717, 1.165) is 13.1 Å². The molecule has 0 aromatic heterocycles. The van der Waals surface area contributed by atoms with Gasteiger partial charge >= 0.3 is 0 Å². The highest BCUT2D eigenvalue weighted by molar-refractivity contribution is 4.66. The number of nitrogens with two attached hydrogens (primary N) is 2. The van der Waals surface area contributed by atoms with Gasteiger partial charge in [-0.2, -0.15) is 0 Å². The fraction of sp³-hybridized carbons (Fsp3) is 1.00. The van der Waals surface area contributed by atoms with E-state index in [1.807, 2.05) is 0 Å². The maximum atomic E-state index is 5.69. The average Bonchev–Trinajstić information content (AvgIpc) is 2.42. The molecular weight excluding hydrogens is 224 g/mol. The zero-order chi connectivity index (χ0) is 13.2. The lowest BCUT2D eigenvalue weighted by Gasteiger charge is -2.29. The molecule has 0 aromatic rings. The maximum absolute atomic E-state index is 5.69. The highest BCUT2D eigenvalue weighted by atomic mass is 15.2. The number of piperidine rings is 2. The van der Waals surface area contributed by atoms with Crippen LogP contribution in [0.5, 0.6) is 0 Å². The molecule has 0 amide bonds. The van der Waals surface area contributed by atoms with Gasteiger partial charge in [0.15, 0.2) is 0 Å². The molecule has 0 aromatic carbocycles. The summed E-state index contributed by atoms with van der Waals surface area (Å²) < 4.78 is 0. The van der Waals surface area contributed by atoms with Crippen molar-refractivity contribution in [1.29, 1.82) is 0 Å². The summed E-state index contributed by atoms with van der Waals surface area (Å²) >= 11 is 0. The molecule has 4 nitrogen and oxygen atoms in total. The molecule has 2 fully saturated rings. The van der Waals surface area contributed by atoms with E-state index in [0.29, 0.717) is 0 Å². The second-order valence-electron chi connectivity index (χ2n) is 5.53. The van der Waals surface area contributed by atoms with Gasteiger partial charge in [-0.3, -0.25) is 4.90 Å². The molecule has 0 aliphatic carbocycles. The van der Waals surface area contributed by atoms with Crippen molar-refractivity contribution in [1.82, 2.24) is 9.80 Å². The number of hydrogen-bond acceptors (Lipinski definition) is 4. The summed E-state index contributed by atoms with van der Waals surface area (Å²) in [6.07, 6.45) is 8.50. The molecule has 4 N–H and O–H groups in total. The van der Waals surface area contributed by atoms with Gasteiger partial charge < -0.3 is 16.4 Å². The lowest BCUT2D eigenvalue weighted by molar-refractivity contribution is 0.177. The Hall–Kier alpha value is -0.160. The van der Waals surface area contributed by atoms with Crippen molar-refractivity contribution in [2.75, 3.05) is 39.3 Å². The second kappa shape index (κ2) is 9.73. The first kappa shape index (κ1) is 15.9. The highest BCUT2D eigenvalue weighted by Crippen LogP contribution is 2.09. The van der Waals surface area contributed by atoms with E-state index in [4.69, 9.17) is 11.5 Å². The largest absolute Gasteiger partial charge is 0.329 e. The Balaban J connectivity index is 0.000000180.